The Balaban J connectivity index is 2.23. The van der Waals surface area contributed by atoms with Gasteiger partial charge in [-0.15, -0.1) is 0 Å². The van der Waals surface area contributed by atoms with Crippen LogP contribution in [-0.2, 0) is 4.74 Å². The van der Waals surface area contributed by atoms with Gasteiger partial charge in [-0.05, 0) is 18.6 Å². The molecule has 0 aliphatic carbocycles. The zero-order chi connectivity index (χ0) is 14.6. The van der Waals surface area contributed by atoms with Crippen LogP contribution in [0.5, 0.6) is 5.75 Å². The molecule has 1 aromatic rings. The zero-order valence-corrected chi connectivity index (χ0v) is 12.2. The fraction of sp³-hybridized carbons (Fsp3) is 0.500. The Morgan fingerprint density at radius 2 is 1.95 bits per heavy atom. The van der Waals surface area contributed by atoms with E-state index in [2.05, 4.69) is 24.1 Å². The van der Waals surface area contributed by atoms with Crippen LogP contribution in [0.1, 0.15) is 45.4 Å². The molecule has 0 fully saturated rings. The van der Waals surface area contributed by atoms with Crippen LogP contribution in [-0.4, -0.2) is 12.7 Å². The molecule has 0 saturated heterocycles. The number of anilines is 1. The molecule has 0 spiro atoms. The Kier molecular flexibility index (Phi) is 8.27. The third kappa shape index (κ3) is 7.02. The minimum absolute atomic E-state index is 0.585. The van der Waals surface area contributed by atoms with Crippen molar-refractivity contribution in [3.8, 4) is 5.75 Å². The molecule has 0 atom stereocenters. The molecule has 4 heteroatoms. The van der Waals surface area contributed by atoms with E-state index in [-0.39, 0.29) is 0 Å². The molecular weight excluding hydrogens is 254 g/mol. The largest absolute Gasteiger partial charge is 0.494 e. The van der Waals surface area contributed by atoms with E-state index in [1.165, 1.54) is 32.1 Å². The van der Waals surface area contributed by atoms with Gasteiger partial charge >= 0.3 is 6.09 Å². The maximum absolute atomic E-state index is 11.0. The molecule has 0 aliphatic heterocycles. The van der Waals surface area contributed by atoms with Crippen LogP contribution in [0, 0.1) is 7.11 Å². The fourth-order valence-corrected chi connectivity index (χ4v) is 1.89. The van der Waals surface area contributed by atoms with E-state index in [4.69, 9.17) is 4.74 Å². The highest BCUT2D eigenvalue weighted by atomic mass is 16.5. The quantitative estimate of drug-likeness (QED) is 0.662. The van der Waals surface area contributed by atoms with Crippen molar-refractivity contribution >= 4 is 11.8 Å². The van der Waals surface area contributed by atoms with Crippen molar-refractivity contribution < 1.29 is 14.3 Å². The van der Waals surface area contributed by atoms with Crippen molar-refractivity contribution in [1.29, 1.82) is 0 Å². The van der Waals surface area contributed by atoms with Gasteiger partial charge in [-0.2, -0.15) is 0 Å². The van der Waals surface area contributed by atoms with E-state index in [0.29, 0.717) is 12.3 Å². The maximum Gasteiger partial charge on any atom is 0.411 e. The molecule has 4 nitrogen and oxygen atoms in total. The van der Waals surface area contributed by atoms with E-state index < -0.39 is 6.09 Å². The number of benzene rings is 1. The lowest BCUT2D eigenvalue weighted by Crippen LogP contribution is -2.09. The van der Waals surface area contributed by atoms with Gasteiger partial charge in [-0.3, -0.25) is 5.32 Å². The second-order valence-corrected chi connectivity index (χ2v) is 4.70. The van der Waals surface area contributed by atoms with Gasteiger partial charge in [0.25, 0.3) is 0 Å². The van der Waals surface area contributed by atoms with Gasteiger partial charge in [-0.1, -0.05) is 45.1 Å². The molecule has 20 heavy (non-hydrogen) atoms. The SMILES string of the molecule is [CH2]OC(=O)Nc1cccc(OCCCCCCCC)c1. The number of carbonyl (C=O) groups is 1. The number of nitrogens with one attached hydrogen (secondary N) is 1. The smallest absolute Gasteiger partial charge is 0.411 e. The lowest BCUT2D eigenvalue weighted by molar-refractivity contribution is 0.199. The lowest BCUT2D eigenvalue weighted by atomic mass is 10.1. The molecule has 1 radical (unpaired) electrons. The minimum atomic E-state index is -0.585. The van der Waals surface area contributed by atoms with E-state index in [9.17, 15) is 4.79 Å². The minimum Gasteiger partial charge on any atom is -0.494 e. The number of ether oxygens (including phenoxy) is 2. The fourth-order valence-electron chi connectivity index (χ4n) is 1.89. The van der Waals surface area contributed by atoms with E-state index >= 15 is 0 Å². The van der Waals surface area contributed by atoms with Crippen molar-refractivity contribution in [1.82, 2.24) is 0 Å². The summed E-state index contributed by atoms with van der Waals surface area (Å²) in [4.78, 5) is 11.0. The Bertz CT molecular complexity index is 393. The van der Waals surface area contributed by atoms with Gasteiger partial charge in [0.05, 0.1) is 6.61 Å². The summed E-state index contributed by atoms with van der Waals surface area (Å²) in [5, 5.41) is 2.55. The summed E-state index contributed by atoms with van der Waals surface area (Å²) in [6.07, 6.45) is 6.84. The van der Waals surface area contributed by atoms with Gasteiger partial charge in [0.2, 0.25) is 0 Å². The summed E-state index contributed by atoms with van der Waals surface area (Å²) in [5.41, 5.74) is 0.638. The third-order valence-electron chi connectivity index (χ3n) is 2.98. The molecule has 1 rings (SSSR count). The molecule has 0 unspecified atom stereocenters. The van der Waals surface area contributed by atoms with Crippen LogP contribution in [0.25, 0.3) is 0 Å². The van der Waals surface area contributed by atoms with Crippen LogP contribution in [0.15, 0.2) is 24.3 Å². The summed E-state index contributed by atoms with van der Waals surface area (Å²) in [5.74, 6) is 0.750. The Morgan fingerprint density at radius 1 is 1.20 bits per heavy atom. The van der Waals surface area contributed by atoms with E-state index in [1.807, 2.05) is 12.1 Å². The molecular formula is C16H24NO3. The Morgan fingerprint density at radius 3 is 2.70 bits per heavy atom. The summed E-state index contributed by atoms with van der Waals surface area (Å²) < 4.78 is 9.96. The van der Waals surface area contributed by atoms with Crippen molar-refractivity contribution in [2.75, 3.05) is 11.9 Å². The highest BCUT2D eigenvalue weighted by Crippen LogP contribution is 2.18. The summed E-state index contributed by atoms with van der Waals surface area (Å²) in [6, 6.07) is 7.25. The number of carbonyl (C=O) groups excluding carboxylic acids is 1. The number of unbranched alkanes of at least 4 members (excludes halogenated alkanes) is 5. The Hall–Kier alpha value is -1.71. The molecule has 0 saturated carbocycles. The molecule has 1 amide bonds. The monoisotopic (exact) mass is 278 g/mol. The first-order valence-electron chi connectivity index (χ1n) is 7.22. The lowest BCUT2D eigenvalue weighted by Gasteiger charge is -2.08. The van der Waals surface area contributed by atoms with Gasteiger partial charge < -0.3 is 9.47 Å². The third-order valence-corrected chi connectivity index (χ3v) is 2.98. The Labute approximate surface area is 121 Å². The summed E-state index contributed by atoms with van der Waals surface area (Å²) >= 11 is 0. The van der Waals surface area contributed by atoms with Crippen molar-refractivity contribution in [3.05, 3.63) is 31.4 Å². The molecule has 0 heterocycles. The second kappa shape index (κ2) is 10.1. The van der Waals surface area contributed by atoms with Crippen LogP contribution in [0.4, 0.5) is 10.5 Å². The predicted molar refractivity (Wildman–Crippen MR) is 80.8 cm³/mol. The van der Waals surface area contributed by atoms with Crippen LogP contribution < -0.4 is 10.1 Å². The van der Waals surface area contributed by atoms with Crippen LogP contribution in [0.2, 0.25) is 0 Å². The van der Waals surface area contributed by atoms with Gasteiger partial charge in [0.1, 0.15) is 12.9 Å². The second-order valence-electron chi connectivity index (χ2n) is 4.70. The number of hydrogen-bond acceptors (Lipinski definition) is 3. The van der Waals surface area contributed by atoms with Crippen LogP contribution in [0.3, 0.4) is 0 Å². The number of amides is 1. The molecule has 0 bridgehead atoms. The van der Waals surface area contributed by atoms with E-state index in [0.717, 1.165) is 12.2 Å². The molecule has 1 N–H and O–H groups in total. The normalized spacial score (nSPS) is 10.1. The zero-order valence-electron chi connectivity index (χ0n) is 12.2. The molecule has 1 aromatic carbocycles. The standard InChI is InChI=1S/C16H24NO3/c1-3-4-5-6-7-8-12-20-15-11-9-10-14(13-15)17-16(18)19-2/h9-11,13H,2-8,12H2,1H3,(H,17,18). The molecule has 0 aliphatic rings. The summed E-state index contributed by atoms with van der Waals surface area (Å²) in [7, 11) is 3.05. The molecule has 111 valence electrons. The summed E-state index contributed by atoms with van der Waals surface area (Å²) in [6.45, 7) is 2.92. The average molecular weight is 278 g/mol. The average Bonchev–Trinajstić information content (AvgIpc) is 2.46. The number of hydrogen-bond donors (Lipinski definition) is 1. The van der Waals surface area contributed by atoms with Crippen molar-refractivity contribution in [2.24, 2.45) is 0 Å². The number of rotatable bonds is 9. The van der Waals surface area contributed by atoms with Gasteiger partial charge in [0.15, 0.2) is 0 Å². The van der Waals surface area contributed by atoms with Gasteiger partial charge in [-0.25, -0.2) is 4.79 Å². The maximum atomic E-state index is 11.0. The highest BCUT2D eigenvalue weighted by Gasteiger charge is 2.02. The first-order chi connectivity index (χ1) is 9.76. The van der Waals surface area contributed by atoms with Crippen molar-refractivity contribution in [2.45, 2.75) is 45.4 Å². The topological polar surface area (TPSA) is 47.6 Å². The van der Waals surface area contributed by atoms with E-state index in [1.54, 1.807) is 12.1 Å². The van der Waals surface area contributed by atoms with Crippen molar-refractivity contribution in [3.63, 3.8) is 0 Å². The van der Waals surface area contributed by atoms with Crippen LogP contribution >= 0.6 is 0 Å². The molecule has 0 aromatic heterocycles. The first-order valence-corrected chi connectivity index (χ1v) is 7.22. The first kappa shape index (κ1) is 16.3. The highest BCUT2D eigenvalue weighted by molar-refractivity contribution is 5.84. The predicted octanol–water partition coefficient (Wildman–Crippen LogP) is 4.77. The van der Waals surface area contributed by atoms with Gasteiger partial charge in [0, 0.05) is 11.8 Å².